The van der Waals surface area contributed by atoms with Crippen molar-refractivity contribution in [3.05, 3.63) is 113 Å². The minimum Gasteiger partial charge on any atom is -0.504 e. The highest BCUT2D eigenvalue weighted by Gasteiger charge is 2.67. The number of hydrogen-bond acceptors (Lipinski definition) is 9. The number of azo groups is 1. The summed E-state index contributed by atoms with van der Waals surface area (Å²) in [7, 11) is 3.91. The lowest BCUT2D eigenvalue weighted by atomic mass is 9.51. The van der Waals surface area contributed by atoms with Gasteiger partial charge in [0.25, 0.3) is 0 Å². The molecule has 2 aliphatic heterocycles. The Morgan fingerprint density at radius 3 is 2.16 bits per heavy atom. The second-order valence-electron chi connectivity index (χ2n) is 15.1. The largest absolute Gasteiger partial charge is 0.504 e. The number of allylic oxidation sites excluding steroid dienone is 2. The maximum Gasteiger partial charge on any atom is 0.241 e. The van der Waals surface area contributed by atoms with Gasteiger partial charge in [0, 0.05) is 25.7 Å². The number of carbonyl (C=O) groups excluding carboxylic acids is 4. The molecular formula is C43H39ClFN5O6. The maximum atomic E-state index is 14.7. The Morgan fingerprint density at radius 1 is 0.857 bits per heavy atom. The number of benzene rings is 4. The van der Waals surface area contributed by atoms with E-state index in [4.69, 9.17) is 16.3 Å². The fourth-order valence-electron chi connectivity index (χ4n) is 9.10. The van der Waals surface area contributed by atoms with Crippen LogP contribution in [0.5, 0.6) is 11.5 Å². The van der Waals surface area contributed by atoms with Crippen LogP contribution in [0, 0.1) is 34.9 Å². The van der Waals surface area contributed by atoms with Gasteiger partial charge in [0.15, 0.2) is 11.5 Å². The average molecular weight is 776 g/mol. The minimum absolute atomic E-state index is 0.0860. The van der Waals surface area contributed by atoms with Crippen LogP contribution < -0.4 is 19.4 Å². The summed E-state index contributed by atoms with van der Waals surface area (Å²) in [5, 5.41) is 19.0. The van der Waals surface area contributed by atoms with E-state index >= 15 is 0 Å². The van der Waals surface area contributed by atoms with E-state index in [-0.39, 0.29) is 53.5 Å². The van der Waals surface area contributed by atoms with Crippen molar-refractivity contribution in [2.45, 2.75) is 32.6 Å². The first-order valence-corrected chi connectivity index (χ1v) is 18.9. The third-order valence-electron chi connectivity index (χ3n) is 11.8. The summed E-state index contributed by atoms with van der Waals surface area (Å²) in [5.41, 5.74) is 2.82. The molecule has 6 atom stereocenters. The van der Waals surface area contributed by atoms with Gasteiger partial charge < -0.3 is 14.7 Å². The summed E-state index contributed by atoms with van der Waals surface area (Å²) in [6, 6.07) is 22.9. The molecule has 2 heterocycles. The number of rotatable bonds is 8. The molecule has 0 bridgehead atoms. The van der Waals surface area contributed by atoms with Crippen molar-refractivity contribution in [1.82, 2.24) is 0 Å². The highest BCUT2D eigenvalue weighted by Crippen LogP contribution is 2.64. The highest BCUT2D eigenvalue weighted by atomic mass is 35.5. The predicted octanol–water partition coefficient (Wildman–Crippen LogP) is 8.50. The van der Waals surface area contributed by atoms with Crippen molar-refractivity contribution < 1.29 is 33.4 Å². The number of aromatic hydroxyl groups is 1. The van der Waals surface area contributed by atoms with Crippen molar-refractivity contribution in [2.24, 2.45) is 39.3 Å². The molecule has 0 unspecified atom stereocenters. The van der Waals surface area contributed by atoms with Gasteiger partial charge in [-0.15, -0.1) is 0 Å². The van der Waals surface area contributed by atoms with Crippen LogP contribution in [0.4, 0.5) is 32.8 Å². The average Bonchev–Trinajstić information content (AvgIpc) is 3.55. The number of nitrogens with zero attached hydrogens (tertiary/aromatic N) is 5. The van der Waals surface area contributed by atoms with Gasteiger partial charge in [0.05, 0.1) is 57.5 Å². The Labute approximate surface area is 328 Å². The second kappa shape index (κ2) is 14.0. The van der Waals surface area contributed by atoms with E-state index in [0.29, 0.717) is 22.6 Å². The van der Waals surface area contributed by atoms with Crippen LogP contribution in [0.2, 0.25) is 5.02 Å². The van der Waals surface area contributed by atoms with E-state index in [2.05, 4.69) is 10.2 Å². The van der Waals surface area contributed by atoms with Crippen LogP contribution in [0.15, 0.2) is 107 Å². The Kier molecular flexibility index (Phi) is 9.27. The number of hydrogen-bond donors (Lipinski definition) is 1. The first-order chi connectivity index (χ1) is 26.8. The molecule has 8 rings (SSSR count). The zero-order valence-corrected chi connectivity index (χ0v) is 31.9. The van der Waals surface area contributed by atoms with Gasteiger partial charge in [-0.05, 0) is 117 Å². The number of imide groups is 2. The SMILES string of the molecule is CCOc1cc([C@H]2C3=CC[C@@H]4C(=O)N(c5ccc(N=Nc6ccc(N(C)C)cc6)cc5)C(=O)[C@@H]4[C@@H]3C[C@H]3C(=O)N(c4ccc(F)c(Cl)c4)C(=O)[C@@]23C)ccc1O. The summed E-state index contributed by atoms with van der Waals surface area (Å²) in [4.78, 5) is 62.1. The van der Waals surface area contributed by atoms with Gasteiger partial charge in [0.2, 0.25) is 23.6 Å². The molecule has 286 valence electrons. The summed E-state index contributed by atoms with van der Waals surface area (Å²) in [6.07, 6.45) is 2.33. The van der Waals surface area contributed by atoms with Crippen LogP contribution in [0.3, 0.4) is 0 Å². The number of phenolic OH excluding ortho intramolecular Hbond substituents is 1. The number of halogens is 2. The van der Waals surface area contributed by atoms with Crippen LogP contribution in [0.1, 0.15) is 38.2 Å². The lowest BCUT2D eigenvalue weighted by molar-refractivity contribution is -0.131. The normalized spacial score (nSPS) is 25.7. The molecule has 13 heteroatoms. The van der Waals surface area contributed by atoms with Gasteiger partial charge >= 0.3 is 0 Å². The quantitative estimate of drug-likeness (QED) is 0.108. The zero-order chi connectivity index (χ0) is 39.6. The summed E-state index contributed by atoms with van der Waals surface area (Å²) in [6.45, 7) is 3.80. The molecule has 4 amide bonds. The molecule has 3 fully saturated rings. The number of amides is 4. The molecule has 0 aromatic heterocycles. The van der Waals surface area contributed by atoms with Crippen molar-refractivity contribution in [3.63, 3.8) is 0 Å². The van der Waals surface area contributed by atoms with Gasteiger partial charge in [-0.1, -0.05) is 29.3 Å². The lowest BCUT2D eigenvalue weighted by Crippen LogP contribution is -2.48. The number of fused-ring (bicyclic) bond motifs is 4. The summed E-state index contributed by atoms with van der Waals surface area (Å²) >= 11 is 6.12. The standard InChI is InChI=1S/C43H39ClFN5O6/c1-5-56-36-20-23(6-19-35(36)51)38-29-16-17-30-37(31(29)22-32-40(53)50(42(55)43(32,38)2)28-15-18-34(45)33(44)21-28)41(54)49(39(30)52)27-13-9-25(10-14-27)47-46-24-7-11-26(12-8-24)48(3)4/h6-16,18-21,30-32,37-38,51H,5,17,22H2,1-4H3/t30-,31+,32-,37-,38-,43+/m0/s1. The first kappa shape index (κ1) is 37.1. The number of anilines is 3. The van der Waals surface area contributed by atoms with Crippen molar-refractivity contribution in [1.29, 1.82) is 0 Å². The Balaban J connectivity index is 1.14. The van der Waals surface area contributed by atoms with Crippen molar-refractivity contribution >= 4 is 63.7 Å². The Morgan fingerprint density at radius 2 is 1.52 bits per heavy atom. The second-order valence-corrected chi connectivity index (χ2v) is 15.5. The third kappa shape index (κ3) is 5.85. The molecule has 4 aromatic carbocycles. The van der Waals surface area contributed by atoms with Crippen molar-refractivity contribution in [3.8, 4) is 11.5 Å². The van der Waals surface area contributed by atoms with E-state index in [1.54, 1.807) is 50.2 Å². The molecule has 56 heavy (non-hydrogen) atoms. The molecule has 1 saturated carbocycles. The molecule has 2 aliphatic carbocycles. The Hall–Kier alpha value is -5.88. The summed E-state index contributed by atoms with van der Waals surface area (Å²) < 4.78 is 20.0. The fourth-order valence-corrected chi connectivity index (χ4v) is 9.28. The van der Waals surface area contributed by atoms with Gasteiger partial charge in [-0.25, -0.2) is 9.29 Å². The molecule has 4 aromatic rings. The summed E-state index contributed by atoms with van der Waals surface area (Å²) in [5.74, 6) is -5.95. The number of ether oxygens (including phenoxy) is 1. The van der Waals surface area contributed by atoms with Gasteiger partial charge in [0.1, 0.15) is 5.82 Å². The molecule has 4 aliphatic rings. The smallest absolute Gasteiger partial charge is 0.241 e. The van der Waals surface area contributed by atoms with E-state index in [1.165, 1.54) is 23.1 Å². The number of phenols is 1. The topological polar surface area (TPSA) is 132 Å². The molecule has 1 N–H and O–H groups in total. The number of carbonyl (C=O) groups is 4. The molecule has 11 nitrogen and oxygen atoms in total. The van der Waals surface area contributed by atoms with E-state index in [1.807, 2.05) is 49.3 Å². The third-order valence-corrected chi connectivity index (χ3v) is 12.1. The minimum atomic E-state index is -1.35. The molecule has 2 saturated heterocycles. The predicted molar refractivity (Wildman–Crippen MR) is 209 cm³/mol. The van der Waals surface area contributed by atoms with Gasteiger partial charge in [-0.2, -0.15) is 10.2 Å². The van der Waals surface area contributed by atoms with Crippen molar-refractivity contribution in [2.75, 3.05) is 35.4 Å². The van der Waals surface area contributed by atoms with Crippen LogP contribution in [0.25, 0.3) is 0 Å². The first-order valence-electron chi connectivity index (χ1n) is 18.5. The van der Waals surface area contributed by atoms with E-state index < -0.39 is 52.6 Å². The molecule has 0 spiro atoms. The van der Waals surface area contributed by atoms with E-state index in [9.17, 15) is 28.7 Å². The monoisotopic (exact) mass is 775 g/mol. The van der Waals surface area contributed by atoms with Gasteiger partial charge in [-0.3, -0.25) is 24.1 Å². The maximum absolute atomic E-state index is 14.7. The van der Waals surface area contributed by atoms with Crippen LogP contribution >= 0.6 is 11.6 Å². The van der Waals surface area contributed by atoms with E-state index in [0.717, 1.165) is 22.2 Å². The fraction of sp³-hybridized carbons (Fsp3) is 0.302. The lowest BCUT2D eigenvalue weighted by Gasteiger charge is -2.49. The van der Waals surface area contributed by atoms with Crippen LogP contribution in [-0.4, -0.2) is 49.4 Å². The highest BCUT2D eigenvalue weighted by molar-refractivity contribution is 6.32. The molecular weight excluding hydrogens is 737 g/mol. The Bertz CT molecular complexity index is 2350. The molecule has 0 radical (unpaired) electrons. The van der Waals surface area contributed by atoms with Crippen LogP contribution in [-0.2, 0) is 19.2 Å². The zero-order valence-electron chi connectivity index (χ0n) is 31.1.